The summed E-state index contributed by atoms with van der Waals surface area (Å²) in [5.74, 6) is 2.66. The molecule has 1 atom stereocenters. The zero-order valence-electron chi connectivity index (χ0n) is 10.6. The zero-order valence-corrected chi connectivity index (χ0v) is 11.4. The molecule has 0 aromatic heterocycles. The number of hydrogen-bond acceptors (Lipinski definition) is 3. The highest BCUT2D eigenvalue weighted by molar-refractivity contribution is 7.99. The molecule has 94 valence electrons. The van der Waals surface area contributed by atoms with Crippen LogP contribution in [0.4, 0.5) is 0 Å². The van der Waals surface area contributed by atoms with E-state index in [4.69, 9.17) is 0 Å². The molecule has 16 heavy (non-hydrogen) atoms. The van der Waals surface area contributed by atoms with Crippen LogP contribution >= 0.6 is 11.8 Å². The Bertz CT molecular complexity index is 215. The van der Waals surface area contributed by atoms with Gasteiger partial charge in [-0.1, -0.05) is 0 Å². The first-order chi connectivity index (χ1) is 7.58. The molecule has 0 bridgehead atoms. The van der Waals surface area contributed by atoms with Crippen molar-refractivity contribution >= 4 is 17.7 Å². The molecule has 1 fully saturated rings. The summed E-state index contributed by atoms with van der Waals surface area (Å²) in [6, 6.07) is 1.14. The number of thioether (sulfide) groups is 1. The van der Waals surface area contributed by atoms with Gasteiger partial charge in [0.1, 0.15) is 0 Å². The van der Waals surface area contributed by atoms with Gasteiger partial charge in [-0.3, -0.25) is 4.79 Å². The van der Waals surface area contributed by atoms with Crippen molar-refractivity contribution in [3.63, 3.8) is 0 Å². The summed E-state index contributed by atoms with van der Waals surface area (Å²) in [5.41, 5.74) is 0. The van der Waals surface area contributed by atoms with Crippen LogP contribution in [0.1, 0.15) is 40.0 Å². The van der Waals surface area contributed by atoms with E-state index in [0.717, 1.165) is 0 Å². The molecule has 1 unspecified atom stereocenters. The first kappa shape index (κ1) is 13.8. The molecule has 0 spiro atoms. The maximum absolute atomic E-state index is 11.6. The molecular formula is C12H24N2OS. The highest BCUT2D eigenvalue weighted by atomic mass is 32.2. The van der Waals surface area contributed by atoms with E-state index >= 15 is 0 Å². The lowest BCUT2D eigenvalue weighted by Gasteiger charge is -2.26. The van der Waals surface area contributed by atoms with Crippen molar-refractivity contribution < 1.29 is 4.79 Å². The van der Waals surface area contributed by atoms with Crippen LogP contribution in [0.25, 0.3) is 0 Å². The van der Waals surface area contributed by atoms with Crippen molar-refractivity contribution in [3.05, 3.63) is 0 Å². The standard InChI is InChI=1S/C12H24N2OS/c1-9(2)13-12(15)8-10(3)14-11-4-6-16-7-5-11/h9-11,14H,4-8H2,1-3H3,(H,13,15). The van der Waals surface area contributed by atoms with E-state index in [9.17, 15) is 4.79 Å². The maximum Gasteiger partial charge on any atom is 0.221 e. The number of rotatable bonds is 5. The Labute approximate surface area is 103 Å². The van der Waals surface area contributed by atoms with Gasteiger partial charge in [-0.15, -0.1) is 0 Å². The second-order valence-corrected chi connectivity index (χ2v) is 6.11. The molecule has 2 N–H and O–H groups in total. The van der Waals surface area contributed by atoms with E-state index in [1.165, 1.54) is 24.3 Å². The van der Waals surface area contributed by atoms with Crippen molar-refractivity contribution in [2.45, 2.75) is 58.2 Å². The zero-order chi connectivity index (χ0) is 12.0. The van der Waals surface area contributed by atoms with Gasteiger partial charge in [0.05, 0.1) is 0 Å². The summed E-state index contributed by atoms with van der Waals surface area (Å²) >= 11 is 2.03. The van der Waals surface area contributed by atoms with Gasteiger partial charge in [-0.2, -0.15) is 11.8 Å². The van der Waals surface area contributed by atoms with Crippen LogP contribution in [0.5, 0.6) is 0 Å². The van der Waals surface area contributed by atoms with E-state index in [1.54, 1.807) is 0 Å². The van der Waals surface area contributed by atoms with E-state index in [2.05, 4.69) is 17.6 Å². The van der Waals surface area contributed by atoms with Gasteiger partial charge in [-0.05, 0) is 45.1 Å². The molecule has 1 amide bonds. The maximum atomic E-state index is 11.6. The number of amides is 1. The van der Waals surface area contributed by atoms with E-state index in [0.29, 0.717) is 12.5 Å². The SMILES string of the molecule is CC(C)NC(=O)CC(C)NC1CCSCC1. The average molecular weight is 244 g/mol. The van der Waals surface area contributed by atoms with E-state index in [-0.39, 0.29) is 18.0 Å². The van der Waals surface area contributed by atoms with Gasteiger partial charge in [-0.25, -0.2) is 0 Å². The molecule has 0 saturated carbocycles. The Kier molecular flexibility index (Phi) is 6.21. The van der Waals surface area contributed by atoms with Crippen molar-refractivity contribution in [2.24, 2.45) is 0 Å². The van der Waals surface area contributed by atoms with E-state index in [1.807, 2.05) is 25.6 Å². The third-order valence-electron chi connectivity index (χ3n) is 2.68. The summed E-state index contributed by atoms with van der Waals surface area (Å²) in [6.45, 7) is 6.09. The smallest absolute Gasteiger partial charge is 0.221 e. The molecule has 1 aliphatic rings. The fourth-order valence-electron chi connectivity index (χ4n) is 1.98. The molecule has 4 heteroatoms. The van der Waals surface area contributed by atoms with Gasteiger partial charge in [0, 0.05) is 24.5 Å². The van der Waals surface area contributed by atoms with Crippen molar-refractivity contribution in [1.82, 2.24) is 10.6 Å². The van der Waals surface area contributed by atoms with Crippen LogP contribution in [0.15, 0.2) is 0 Å². The summed E-state index contributed by atoms with van der Waals surface area (Å²) < 4.78 is 0. The Balaban J connectivity index is 2.18. The Morgan fingerprint density at radius 1 is 1.31 bits per heavy atom. The van der Waals surface area contributed by atoms with Crippen LogP contribution in [0, 0.1) is 0 Å². The van der Waals surface area contributed by atoms with Crippen LogP contribution in [0.2, 0.25) is 0 Å². The van der Waals surface area contributed by atoms with Crippen LogP contribution in [-0.2, 0) is 4.79 Å². The third-order valence-corrected chi connectivity index (χ3v) is 3.73. The minimum atomic E-state index is 0.153. The lowest BCUT2D eigenvalue weighted by molar-refractivity contribution is -0.122. The van der Waals surface area contributed by atoms with Crippen molar-refractivity contribution in [2.75, 3.05) is 11.5 Å². The van der Waals surface area contributed by atoms with Gasteiger partial charge in [0.2, 0.25) is 5.91 Å². The topological polar surface area (TPSA) is 41.1 Å². The summed E-state index contributed by atoms with van der Waals surface area (Å²) in [4.78, 5) is 11.6. The Morgan fingerprint density at radius 3 is 2.50 bits per heavy atom. The fourth-order valence-corrected chi connectivity index (χ4v) is 3.09. The Morgan fingerprint density at radius 2 is 1.94 bits per heavy atom. The molecule has 0 radical (unpaired) electrons. The largest absolute Gasteiger partial charge is 0.354 e. The molecular weight excluding hydrogens is 220 g/mol. The lowest BCUT2D eigenvalue weighted by Crippen LogP contribution is -2.42. The van der Waals surface area contributed by atoms with Crippen molar-refractivity contribution in [3.8, 4) is 0 Å². The normalized spacial score (nSPS) is 19.8. The predicted molar refractivity (Wildman–Crippen MR) is 70.8 cm³/mol. The van der Waals surface area contributed by atoms with Gasteiger partial charge in [0.15, 0.2) is 0 Å². The monoisotopic (exact) mass is 244 g/mol. The van der Waals surface area contributed by atoms with Crippen LogP contribution < -0.4 is 10.6 Å². The van der Waals surface area contributed by atoms with Crippen LogP contribution in [0.3, 0.4) is 0 Å². The molecule has 0 aliphatic carbocycles. The quantitative estimate of drug-likeness (QED) is 0.774. The molecule has 1 aliphatic heterocycles. The molecule has 1 rings (SSSR count). The van der Waals surface area contributed by atoms with Gasteiger partial charge in [0.25, 0.3) is 0 Å². The highest BCUT2D eigenvalue weighted by Crippen LogP contribution is 2.17. The van der Waals surface area contributed by atoms with Gasteiger partial charge < -0.3 is 10.6 Å². The molecule has 1 saturated heterocycles. The highest BCUT2D eigenvalue weighted by Gasteiger charge is 2.17. The van der Waals surface area contributed by atoms with Gasteiger partial charge >= 0.3 is 0 Å². The van der Waals surface area contributed by atoms with Crippen LogP contribution in [-0.4, -0.2) is 35.5 Å². The average Bonchev–Trinajstić information content (AvgIpc) is 2.17. The summed E-state index contributed by atoms with van der Waals surface area (Å²) in [7, 11) is 0. The third kappa shape index (κ3) is 5.75. The summed E-state index contributed by atoms with van der Waals surface area (Å²) in [5, 5.41) is 6.48. The first-order valence-electron chi connectivity index (χ1n) is 6.21. The number of carbonyl (C=O) groups is 1. The number of hydrogen-bond donors (Lipinski definition) is 2. The first-order valence-corrected chi connectivity index (χ1v) is 7.36. The van der Waals surface area contributed by atoms with Crippen molar-refractivity contribution in [1.29, 1.82) is 0 Å². The molecule has 0 aromatic rings. The fraction of sp³-hybridized carbons (Fsp3) is 0.917. The minimum Gasteiger partial charge on any atom is -0.354 e. The number of carbonyl (C=O) groups excluding carboxylic acids is 1. The Hall–Kier alpha value is -0.220. The molecule has 3 nitrogen and oxygen atoms in total. The summed E-state index contributed by atoms with van der Waals surface area (Å²) in [6.07, 6.45) is 3.06. The van der Waals surface area contributed by atoms with E-state index < -0.39 is 0 Å². The molecule has 0 aromatic carbocycles. The number of nitrogens with one attached hydrogen (secondary N) is 2. The second-order valence-electron chi connectivity index (χ2n) is 4.88. The second kappa shape index (κ2) is 7.17. The predicted octanol–water partition coefficient (Wildman–Crippen LogP) is 1.77. The minimum absolute atomic E-state index is 0.153. The molecule has 1 heterocycles. The lowest BCUT2D eigenvalue weighted by atomic mass is 10.1.